The summed E-state index contributed by atoms with van der Waals surface area (Å²) in [5.74, 6) is -0.0712. The number of benzene rings is 2. The number of para-hydroxylation sites is 3. The SMILES string of the molecule is O=C(N/N=C/c1cccc([N+](=O)[O-])c1O)[C@H]1COc2ccccc2O1. The van der Waals surface area contributed by atoms with E-state index in [0.717, 1.165) is 12.3 Å². The van der Waals surface area contributed by atoms with Gasteiger partial charge < -0.3 is 14.6 Å². The van der Waals surface area contributed by atoms with Crippen molar-refractivity contribution in [2.75, 3.05) is 6.61 Å². The number of ether oxygens (including phenoxy) is 2. The van der Waals surface area contributed by atoms with Crippen molar-refractivity contribution in [3.63, 3.8) is 0 Å². The van der Waals surface area contributed by atoms with E-state index in [-0.39, 0.29) is 12.2 Å². The fourth-order valence-corrected chi connectivity index (χ4v) is 2.19. The van der Waals surface area contributed by atoms with Crippen molar-refractivity contribution in [1.29, 1.82) is 0 Å². The maximum atomic E-state index is 12.1. The molecule has 1 heterocycles. The highest BCUT2D eigenvalue weighted by atomic mass is 16.6. The number of hydrazone groups is 1. The van der Waals surface area contributed by atoms with E-state index in [9.17, 15) is 20.0 Å². The van der Waals surface area contributed by atoms with Crippen LogP contribution < -0.4 is 14.9 Å². The van der Waals surface area contributed by atoms with Gasteiger partial charge >= 0.3 is 5.69 Å². The third-order valence-corrected chi connectivity index (χ3v) is 3.42. The standard InChI is InChI=1S/C16H13N3O6/c20-15-10(4-3-5-11(15)19(22)23)8-17-18-16(21)14-9-24-12-6-1-2-7-13(12)25-14/h1-8,14,20H,9H2,(H,18,21)/b17-8+/t14-/m1/s1. The highest BCUT2D eigenvalue weighted by Gasteiger charge is 2.27. The van der Waals surface area contributed by atoms with Gasteiger partial charge in [0.25, 0.3) is 5.91 Å². The molecule has 0 saturated carbocycles. The average molecular weight is 343 g/mol. The minimum Gasteiger partial charge on any atom is -0.502 e. The number of phenolic OH excluding ortho intramolecular Hbond substituents is 1. The van der Waals surface area contributed by atoms with E-state index >= 15 is 0 Å². The number of rotatable bonds is 4. The number of aromatic hydroxyl groups is 1. The summed E-state index contributed by atoms with van der Waals surface area (Å²) in [5.41, 5.74) is 1.90. The number of carbonyl (C=O) groups excluding carboxylic acids is 1. The largest absolute Gasteiger partial charge is 0.502 e. The number of amides is 1. The van der Waals surface area contributed by atoms with Crippen LogP contribution in [0.5, 0.6) is 17.2 Å². The van der Waals surface area contributed by atoms with Gasteiger partial charge in [-0.15, -0.1) is 0 Å². The smallest absolute Gasteiger partial charge is 0.311 e. The summed E-state index contributed by atoms with van der Waals surface area (Å²) in [6, 6.07) is 10.9. The van der Waals surface area contributed by atoms with Crippen LogP contribution in [0, 0.1) is 10.1 Å². The van der Waals surface area contributed by atoms with Crippen molar-refractivity contribution >= 4 is 17.8 Å². The van der Waals surface area contributed by atoms with Crippen LogP contribution in [-0.4, -0.2) is 34.9 Å². The summed E-state index contributed by atoms with van der Waals surface area (Å²) in [6.07, 6.45) is 0.225. The lowest BCUT2D eigenvalue weighted by molar-refractivity contribution is -0.385. The van der Waals surface area contributed by atoms with Gasteiger partial charge in [0.2, 0.25) is 11.9 Å². The summed E-state index contributed by atoms with van der Waals surface area (Å²) in [6.45, 7) is 0.0282. The Kier molecular flexibility index (Phi) is 4.46. The summed E-state index contributed by atoms with van der Waals surface area (Å²) in [4.78, 5) is 22.1. The Labute approximate surface area is 141 Å². The number of nitro groups is 1. The van der Waals surface area contributed by atoms with Crippen molar-refractivity contribution in [2.45, 2.75) is 6.10 Å². The Bertz CT molecular complexity index is 852. The number of hydrogen-bond acceptors (Lipinski definition) is 7. The van der Waals surface area contributed by atoms with E-state index < -0.39 is 28.4 Å². The summed E-state index contributed by atoms with van der Waals surface area (Å²) in [5, 5.41) is 24.2. The first-order chi connectivity index (χ1) is 12.1. The van der Waals surface area contributed by atoms with Crippen molar-refractivity contribution in [3.8, 4) is 17.2 Å². The molecule has 0 spiro atoms. The van der Waals surface area contributed by atoms with Gasteiger partial charge in [-0.1, -0.05) is 18.2 Å². The fourth-order valence-electron chi connectivity index (χ4n) is 2.19. The van der Waals surface area contributed by atoms with Gasteiger partial charge in [0.05, 0.1) is 11.1 Å². The van der Waals surface area contributed by atoms with Crippen molar-refractivity contribution in [1.82, 2.24) is 5.43 Å². The van der Waals surface area contributed by atoms with Gasteiger partial charge in [-0.2, -0.15) is 5.10 Å². The topological polar surface area (TPSA) is 123 Å². The molecule has 0 bridgehead atoms. The van der Waals surface area contributed by atoms with Crippen LogP contribution in [-0.2, 0) is 4.79 Å². The van der Waals surface area contributed by atoms with Crippen LogP contribution in [0.1, 0.15) is 5.56 Å². The molecule has 3 rings (SSSR count). The second-order valence-electron chi connectivity index (χ2n) is 5.07. The number of carbonyl (C=O) groups is 1. The number of phenols is 1. The number of nitro benzene ring substituents is 1. The first kappa shape index (κ1) is 16.2. The monoisotopic (exact) mass is 343 g/mol. The minimum atomic E-state index is -0.884. The summed E-state index contributed by atoms with van der Waals surface area (Å²) in [7, 11) is 0. The third-order valence-electron chi connectivity index (χ3n) is 3.42. The maximum Gasteiger partial charge on any atom is 0.311 e. The lowest BCUT2D eigenvalue weighted by atomic mass is 10.2. The first-order valence-corrected chi connectivity index (χ1v) is 7.24. The highest BCUT2D eigenvalue weighted by Crippen LogP contribution is 2.31. The maximum absolute atomic E-state index is 12.1. The summed E-state index contributed by atoms with van der Waals surface area (Å²) < 4.78 is 11.0. The van der Waals surface area contributed by atoms with Crippen LogP contribution in [0.15, 0.2) is 47.6 Å². The van der Waals surface area contributed by atoms with E-state index in [1.165, 1.54) is 12.1 Å². The highest BCUT2D eigenvalue weighted by molar-refractivity contribution is 5.87. The Morgan fingerprint density at radius 1 is 1.28 bits per heavy atom. The Morgan fingerprint density at radius 3 is 2.80 bits per heavy atom. The molecular formula is C16H13N3O6. The molecule has 0 unspecified atom stereocenters. The zero-order valence-corrected chi connectivity index (χ0v) is 12.8. The predicted octanol–water partition coefficient (Wildman–Crippen LogP) is 1.59. The number of fused-ring (bicyclic) bond motifs is 1. The molecule has 1 atom stereocenters. The second kappa shape index (κ2) is 6.87. The van der Waals surface area contributed by atoms with Crippen molar-refractivity contribution < 1.29 is 24.3 Å². The van der Waals surface area contributed by atoms with Gasteiger partial charge in [-0.05, 0) is 18.2 Å². The van der Waals surface area contributed by atoms with Crippen LogP contribution >= 0.6 is 0 Å². The van der Waals surface area contributed by atoms with Gasteiger partial charge in [0.15, 0.2) is 11.5 Å². The fraction of sp³-hybridized carbons (Fsp3) is 0.125. The van der Waals surface area contributed by atoms with E-state index in [2.05, 4.69) is 10.5 Å². The molecule has 128 valence electrons. The van der Waals surface area contributed by atoms with E-state index in [1.807, 2.05) is 0 Å². The van der Waals surface area contributed by atoms with Gasteiger partial charge in [-0.3, -0.25) is 14.9 Å². The summed E-state index contributed by atoms with van der Waals surface area (Å²) >= 11 is 0. The molecule has 9 heteroatoms. The van der Waals surface area contributed by atoms with Gasteiger partial charge in [0, 0.05) is 11.6 Å². The predicted molar refractivity (Wildman–Crippen MR) is 86.9 cm³/mol. The van der Waals surface area contributed by atoms with Crippen LogP contribution in [0.2, 0.25) is 0 Å². The molecule has 0 aromatic heterocycles. The molecule has 2 aromatic rings. The molecule has 2 aromatic carbocycles. The normalized spacial score (nSPS) is 15.8. The Hall–Kier alpha value is -3.62. The van der Waals surface area contributed by atoms with Gasteiger partial charge in [-0.25, -0.2) is 5.43 Å². The molecular weight excluding hydrogens is 330 g/mol. The van der Waals surface area contributed by atoms with Crippen LogP contribution in [0.25, 0.3) is 0 Å². The second-order valence-corrected chi connectivity index (χ2v) is 5.07. The molecule has 1 aliphatic heterocycles. The molecule has 0 radical (unpaired) electrons. The Morgan fingerprint density at radius 2 is 2.04 bits per heavy atom. The van der Waals surface area contributed by atoms with E-state index in [4.69, 9.17) is 9.47 Å². The van der Waals surface area contributed by atoms with E-state index in [1.54, 1.807) is 24.3 Å². The average Bonchev–Trinajstić information content (AvgIpc) is 2.62. The number of hydrogen-bond donors (Lipinski definition) is 2. The molecule has 1 amide bonds. The quantitative estimate of drug-likeness (QED) is 0.494. The molecule has 0 saturated heterocycles. The molecule has 2 N–H and O–H groups in total. The molecule has 9 nitrogen and oxygen atoms in total. The lowest BCUT2D eigenvalue weighted by Crippen LogP contribution is -2.42. The molecule has 25 heavy (non-hydrogen) atoms. The molecule has 1 aliphatic rings. The number of nitrogens with one attached hydrogen (secondary N) is 1. The van der Waals surface area contributed by atoms with Gasteiger partial charge in [0.1, 0.15) is 6.61 Å². The molecule has 0 fully saturated rings. The zero-order valence-electron chi connectivity index (χ0n) is 12.8. The van der Waals surface area contributed by atoms with Crippen LogP contribution in [0.4, 0.5) is 5.69 Å². The van der Waals surface area contributed by atoms with E-state index in [0.29, 0.717) is 11.5 Å². The third kappa shape index (κ3) is 3.50. The molecule has 0 aliphatic carbocycles. The minimum absolute atomic E-state index is 0.0282. The van der Waals surface area contributed by atoms with Crippen molar-refractivity contribution in [2.24, 2.45) is 5.10 Å². The zero-order chi connectivity index (χ0) is 17.8. The lowest BCUT2D eigenvalue weighted by Gasteiger charge is -2.24. The van der Waals surface area contributed by atoms with Crippen LogP contribution in [0.3, 0.4) is 0 Å². The first-order valence-electron chi connectivity index (χ1n) is 7.24. The number of nitrogens with zero attached hydrogens (tertiary/aromatic N) is 2. The van der Waals surface area contributed by atoms with Crippen molar-refractivity contribution in [3.05, 3.63) is 58.1 Å². The Balaban J connectivity index is 1.64.